The first kappa shape index (κ1) is 14.9. The molecule has 2 aromatic rings. The molecule has 0 saturated carbocycles. The number of amides is 1. The summed E-state index contributed by atoms with van der Waals surface area (Å²) in [7, 11) is 0. The summed E-state index contributed by atoms with van der Waals surface area (Å²) in [5, 5.41) is 3.06. The molecule has 0 saturated heterocycles. The summed E-state index contributed by atoms with van der Waals surface area (Å²) < 4.78 is 12.8. The molecule has 0 heterocycles. The Morgan fingerprint density at radius 2 is 1.85 bits per heavy atom. The van der Waals surface area contributed by atoms with Gasteiger partial charge in [-0.2, -0.15) is 0 Å². The van der Waals surface area contributed by atoms with E-state index in [1.807, 2.05) is 18.2 Å². The average molecular weight is 310 g/mol. The summed E-state index contributed by atoms with van der Waals surface area (Å²) >= 11 is 7.44. The van der Waals surface area contributed by atoms with E-state index >= 15 is 0 Å². The molecule has 1 atom stereocenters. The fourth-order valence-electron chi connectivity index (χ4n) is 1.56. The maximum atomic E-state index is 12.8. The van der Waals surface area contributed by atoms with Gasteiger partial charge in [-0.3, -0.25) is 4.79 Å². The second-order valence-corrected chi connectivity index (χ2v) is 5.98. The Bertz CT molecular complexity index is 603. The van der Waals surface area contributed by atoms with Crippen LogP contribution in [0.25, 0.3) is 0 Å². The highest BCUT2D eigenvalue weighted by Crippen LogP contribution is 2.30. The van der Waals surface area contributed by atoms with E-state index in [2.05, 4.69) is 5.32 Å². The second-order valence-electron chi connectivity index (χ2n) is 4.19. The molecule has 20 heavy (non-hydrogen) atoms. The van der Waals surface area contributed by atoms with E-state index in [0.717, 1.165) is 4.90 Å². The zero-order valence-electron chi connectivity index (χ0n) is 10.8. The van der Waals surface area contributed by atoms with Gasteiger partial charge in [-0.1, -0.05) is 23.7 Å². The average Bonchev–Trinajstić information content (AvgIpc) is 2.44. The Hall–Kier alpha value is -1.52. The molecule has 0 aliphatic rings. The van der Waals surface area contributed by atoms with Gasteiger partial charge in [0.2, 0.25) is 5.91 Å². The normalized spacial score (nSPS) is 11.9. The Morgan fingerprint density at radius 1 is 1.20 bits per heavy atom. The summed E-state index contributed by atoms with van der Waals surface area (Å²) in [6.07, 6.45) is 0. The summed E-state index contributed by atoms with van der Waals surface area (Å²) in [5.41, 5.74) is 0.572. The summed E-state index contributed by atoms with van der Waals surface area (Å²) in [5.74, 6) is -0.483. The van der Waals surface area contributed by atoms with Crippen LogP contribution in [0.4, 0.5) is 10.1 Å². The van der Waals surface area contributed by atoms with Crippen LogP contribution in [0.15, 0.2) is 53.4 Å². The molecule has 1 N–H and O–H groups in total. The molecule has 0 spiro atoms. The predicted molar refractivity (Wildman–Crippen MR) is 81.8 cm³/mol. The van der Waals surface area contributed by atoms with E-state index in [9.17, 15) is 9.18 Å². The van der Waals surface area contributed by atoms with E-state index in [1.165, 1.54) is 36.0 Å². The van der Waals surface area contributed by atoms with Crippen LogP contribution in [-0.2, 0) is 4.79 Å². The molecule has 0 radical (unpaired) electrons. The van der Waals surface area contributed by atoms with Crippen molar-refractivity contribution in [1.29, 1.82) is 0 Å². The van der Waals surface area contributed by atoms with Crippen LogP contribution in [0.1, 0.15) is 6.92 Å². The number of benzene rings is 2. The first-order valence-corrected chi connectivity index (χ1v) is 7.29. The van der Waals surface area contributed by atoms with Gasteiger partial charge in [0.1, 0.15) is 5.82 Å². The van der Waals surface area contributed by atoms with Gasteiger partial charge < -0.3 is 5.32 Å². The SMILES string of the molecule is CC(Sc1ccccc1Cl)C(=O)Nc1ccc(F)cc1. The molecule has 0 bridgehead atoms. The van der Waals surface area contributed by atoms with Crippen molar-refractivity contribution in [3.05, 3.63) is 59.4 Å². The fraction of sp³-hybridized carbons (Fsp3) is 0.133. The highest BCUT2D eigenvalue weighted by atomic mass is 35.5. The van der Waals surface area contributed by atoms with Crippen molar-refractivity contribution in [3.63, 3.8) is 0 Å². The minimum Gasteiger partial charge on any atom is -0.325 e. The molecule has 104 valence electrons. The second kappa shape index (κ2) is 6.77. The van der Waals surface area contributed by atoms with E-state index < -0.39 is 0 Å². The number of halogens is 2. The van der Waals surface area contributed by atoms with Gasteiger partial charge in [-0.25, -0.2) is 4.39 Å². The molecule has 1 unspecified atom stereocenters. The number of thioether (sulfide) groups is 1. The quantitative estimate of drug-likeness (QED) is 0.836. The highest BCUT2D eigenvalue weighted by molar-refractivity contribution is 8.00. The van der Waals surface area contributed by atoms with Gasteiger partial charge in [0, 0.05) is 10.6 Å². The van der Waals surface area contributed by atoms with Crippen LogP contribution >= 0.6 is 23.4 Å². The molecule has 0 aromatic heterocycles. The Morgan fingerprint density at radius 3 is 2.50 bits per heavy atom. The summed E-state index contributed by atoms with van der Waals surface area (Å²) in [6.45, 7) is 1.80. The maximum absolute atomic E-state index is 12.8. The standard InChI is InChI=1S/C15H13ClFNOS/c1-10(20-14-5-3-2-4-13(14)16)15(19)18-12-8-6-11(17)7-9-12/h2-10H,1H3,(H,18,19). The van der Waals surface area contributed by atoms with E-state index in [1.54, 1.807) is 13.0 Å². The van der Waals surface area contributed by atoms with Crippen molar-refractivity contribution in [2.24, 2.45) is 0 Å². The zero-order valence-corrected chi connectivity index (χ0v) is 12.3. The molecular formula is C15H13ClFNOS. The molecular weight excluding hydrogens is 297 g/mol. The fourth-order valence-corrected chi connectivity index (χ4v) is 2.72. The lowest BCUT2D eigenvalue weighted by atomic mass is 10.3. The van der Waals surface area contributed by atoms with Crippen LogP contribution in [0.3, 0.4) is 0 Å². The van der Waals surface area contributed by atoms with Crippen LogP contribution in [0.2, 0.25) is 5.02 Å². The van der Waals surface area contributed by atoms with Crippen LogP contribution in [0, 0.1) is 5.82 Å². The molecule has 2 nitrogen and oxygen atoms in total. The Labute approximate surface area is 126 Å². The number of rotatable bonds is 4. The maximum Gasteiger partial charge on any atom is 0.237 e. The number of nitrogens with one attached hydrogen (secondary N) is 1. The lowest BCUT2D eigenvalue weighted by Gasteiger charge is -2.12. The minimum absolute atomic E-state index is 0.151. The molecule has 2 aromatic carbocycles. The number of carbonyl (C=O) groups is 1. The monoisotopic (exact) mass is 309 g/mol. The highest BCUT2D eigenvalue weighted by Gasteiger charge is 2.15. The lowest BCUT2D eigenvalue weighted by molar-refractivity contribution is -0.115. The minimum atomic E-state index is -0.332. The predicted octanol–water partition coefficient (Wildman–Crippen LogP) is 4.60. The topological polar surface area (TPSA) is 29.1 Å². The Kier molecular flexibility index (Phi) is 5.04. The molecule has 1 amide bonds. The van der Waals surface area contributed by atoms with Crippen molar-refractivity contribution in [1.82, 2.24) is 0 Å². The smallest absolute Gasteiger partial charge is 0.237 e. The zero-order chi connectivity index (χ0) is 14.5. The molecule has 5 heteroatoms. The van der Waals surface area contributed by atoms with E-state index in [4.69, 9.17) is 11.6 Å². The Balaban J connectivity index is 1.99. The van der Waals surface area contributed by atoms with Crippen molar-refractivity contribution < 1.29 is 9.18 Å². The third-order valence-corrected chi connectivity index (χ3v) is 4.24. The van der Waals surface area contributed by atoms with Crippen molar-refractivity contribution >= 4 is 35.0 Å². The van der Waals surface area contributed by atoms with Crippen LogP contribution in [0.5, 0.6) is 0 Å². The molecule has 0 fully saturated rings. The van der Waals surface area contributed by atoms with Crippen molar-refractivity contribution in [2.45, 2.75) is 17.1 Å². The van der Waals surface area contributed by atoms with Gasteiger partial charge in [0.05, 0.1) is 10.3 Å². The van der Waals surface area contributed by atoms with Crippen molar-refractivity contribution in [3.8, 4) is 0 Å². The first-order chi connectivity index (χ1) is 9.56. The van der Waals surface area contributed by atoms with Gasteiger partial charge in [0.15, 0.2) is 0 Å². The third kappa shape index (κ3) is 3.99. The largest absolute Gasteiger partial charge is 0.325 e. The van der Waals surface area contributed by atoms with Crippen LogP contribution in [-0.4, -0.2) is 11.2 Å². The van der Waals surface area contributed by atoms with Crippen LogP contribution < -0.4 is 5.32 Å². The van der Waals surface area contributed by atoms with Gasteiger partial charge in [-0.15, -0.1) is 11.8 Å². The number of carbonyl (C=O) groups excluding carboxylic acids is 1. The van der Waals surface area contributed by atoms with E-state index in [-0.39, 0.29) is 17.0 Å². The molecule has 0 aliphatic carbocycles. The number of hydrogen-bond donors (Lipinski definition) is 1. The molecule has 2 rings (SSSR count). The summed E-state index contributed by atoms with van der Waals surface area (Å²) in [6, 6.07) is 13.0. The van der Waals surface area contributed by atoms with Crippen molar-refractivity contribution in [2.75, 3.05) is 5.32 Å². The first-order valence-electron chi connectivity index (χ1n) is 6.04. The number of anilines is 1. The summed E-state index contributed by atoms with van der Waals surface area (Å²) in [4.78, 5) is 12.9. The third-order valence-electron chi connectivity index (χ3n) is 2.62. The number of hydrogen-bond acceptors (Lipinski definition) is 2. The molecule has 0 aliphatic heterocycles. The van der Waals surface area contributed by atoms with Gasteiger partial charge in [-0.05, 0) is 43.3 Å². The lowest BCUT2D eigenvalue weighted by Crippen LogP contribution is -2.22. The van der Waals surface area contributed by atoms with E-state index in [0.29, 0.717) is 10.7 Å². The van der Waals surface area contributed by atoms with Gasteiger partial charge >= 0.3 is 0 Å². The van der Waals surface area contributed by atoms with Gasteiger partial charge in [0.25, 0.3) is 0 Å².